The number of nitrogens with zero attached hydrogens (tertiary/aromatic N) is 1. The van der Waals surface area contributed by atoms with Crippen LogP contribution in [0, 0.1) is 0 Å². The number of hydrogen-bond donors (Lipinski definition) is 2. The van der Waals surface area contributed by atoms with Crippen LogP contribution in [0.25, 0.3) is 11.1 Å². The van der Waals surface area contributed by atoms with Gasteiger partial charge in [-0.25, -0.2) is 9.78 Å². The molecule has 2 N–H and O–H groups in total. The average molecular weight is 456 g/mol. The van der Waals surface area contributed by atoms with Crippen LogP contribution in [0.5, 0.6) is 0 Å². The number of allylic oxidation sites excluding steroid dienone is 1. The lowest BCUT2D eigenvalue weighted by Gasteiger charge is -2.08. The first-order valence-corrected chi connectivity index (χ1v) is 11.1. The smallest absolute Gasteiger partial charge is 0.342 e. The van der Waals surface area contributed by atoms with Gasteiger partial charge in [-0.15, -0.1) is 22.7 Å². The van der Waals surface area contributed by atoms with Crippen LogP contribution in [0.1, 0.15) is 36.8 Å². The van der Waals surface area contributed by atoms with Crippen molar-refractivity contribution in [3.05, 3.63) is 64.0 Å². The number of nitrogens with one attached hydrogen (secondary N) is 2. The van der Waals surface area contributed by atoms with Crippen LogP contribution in [0.15, 0.2) is 52.7 Å². The first-order valence-electron chi connectivity index (χ1n) is 9.35. The van der Waals surface area contributed by atoms with Gasteiger partial charge >= 0.3 is 5.97 Å². The van der Waals surface area contributed by atoms with Crippen LogP contribution in [0.4, 0.5) is 10.1 Å². The van der Waals surface area contributed by atoms with Crippen LogP contribution in [-0.4, -0.2) is 22.8 Å². The third kappa shape index (κ3) is 6.09. The molecule has 160 valence electrons. The monoisotopic (exact) mass is 455 g/mol. The highest BCUT2D eigenvalue weighted by Crippen LogP contribution is 2.36. The minimum Gasteiger partial charge on any atom is -0.455 e. The number of thiazole rings is 1. The molecule has 0 fully saturated rings. The number of aromatic nitrogens is 1. The minimum absolute atomic E-state index is 0.0552. The zero-order chi connectivity index (χ0) is 22.4. The van der Waals surface area contributed by atoms with Crippen LogP contribution in [-0.2, 0) is 20.9 Å². The molecule has 0 saturated heterocycles. The second-order valence-electron chi connectivity index (χ2n) is 6.83. The number of benzene rings is 1. The Morgan fingerprint density at radius 3 is 2.45 bits per heavy atom. The molecule has 0 aliphatic rings. The first-order chi connectivity index (χ1) is 14.8. The van der Waals surface area contributed by atoms with Gasteiger partial charge in [0.05, 0.1) is 5.69 Å². The second-order valence-corrected chi connectivity index (χ2v) is 8.57. The molecule has 2 aromatic heterocycles. The largest absolute Gasteiger partial charge is 0.455 e. The Balaban J connectivity index is 1.84. The maximum atomic E-state index is 13.0. The van der Waals surface area contributed by atoms with Gasteiger partial charge < -0.3 is 15.4 Å². The molecule has 9 heteroatoms. The second kappa shape index (κ2) is 10.1. The van der Waals surface area contributed by atoms with E-state index in [4.69, 9.17) is 4.74 Å². The number of carbonyl (C=O) groups is 3. The summed E-state index contributed by atoms with van der Waals surface area (Å²) in [5.74, 6) is -1.10. The average Bonchev–Trinajstić information content (AvgIpc) is 3.32. The number of thiophene rings is 1. The van der Waals surface area contributed by atoms with E-state index >= 15 is 0 Å². The normalized spacial score (nSPS) is 10.3. The van der Waals surface area contributed by atoms with Crippen molar-refractivity contribution in [3.63, 3.8) is 0 Å². The van der Waals surface area contributed by atoms with Crippen molar-refractivity contribution in [3.8, 4) is 11.1 Å². The van der Waals surface area contributed by atoms with Gasteiger partial charge in [-0.2, -0.15) is 0 Å². The SMILES string of the molecule is CC(=O)Nc1nc(COC(=O)c2c(-c3ccccc3)csc2NC(=O)C=C(C)C)cs1. The van der Waals surface area contributed by atoms with E-state index in [-0.39, 0.29) is 18.4 Å². The summed E-state index contributed by atoms with van der Waals surface area (Å²) in [4.78, 5) is 40.6. The predicted octanol–water partition coefficient (Wildman–Crippen LogP) is 5.09. The minimum atomic E-state index is -0.568. The maximum absolute atomic E-state index is 13.0. The topological polar surface area (TPSA) is 97.4 Å². The van der Waals surface area contributed by atoms with E-state index in [0.29, 0.717) is 27.0 Å². The highest BCUT2D eigenvalue weighted by atomic mass is 32.1. The van der Waals surface area contributed by atoms with E-state index in [2.05, 4.69) is 15.6 Å². The van der Waals surface area contributed by atoms with Gasteiger partial charge in [0.15, 0.2) is 5.13 Å². The summed E-state index contributed by atoms with van der Waals surface area (Å²) in [5, 5.41) is 9.76. The van der Waals surface area contributed by atoms with E-state index in [9.17, 15) is 14.4 Å². The summed E-state index contributed by atoms with van der Waals surface area (Å²) in [7, 11) is 0. The summed E-state index contributed by atoms with van der Waals surface area (Å²) in [6, 6.07) is 9.42. The Kier molecular flexibility index (Phi) is 7.32. The number of anilines is 2. The van der Waals surface area contributed by atoms with Crippen molar-refractivity contribution in [2.45, 2.75) is 27.4 Å². The molecule has 0 unspecified atom stereocenters. The molecule has 3 aromatic rings. The third-order valence-electron chi connectivity index (χ3n) is 3.92. The molecule has 3 rings (SSSR count). The lowest BCUT2D eigenvalue weighted by Crippen LogP contribution is -2.13. The summed E-state index contributed by atoms with van der Waals surface area (Å²) >= 11 is 2.51. The van der Waals surface area contributed by atoms with Gasteiger partial charge in [0.25, 0.3) is 0 Å². The van der Waals surface area contributed by atoms with Gasteiger partial charge in [-0.05, 0) is 19.4 Å². The first kappa shape index (κ1) is 22.4. The standard InChI is InChI=1S/C22H21N3O4S2/c1-13(2)9-18(27)25-20-19(17(12-30-20)15-7-5-4-6-8-15)21(28)29-10-16-11-31-22(24-16)23-14(3)26/h4-9,11-12H,10H2,1-3H3,(H,25,27)(H,23,24,26). The van der Waals surface area contributed by atoms with Gasteiger partial charge in [-0.3, -0.25) is 9.59 Å². The lowest BCUT2D eigenvalue weighted by atomic mass is 10.0. The zero-order valence-electron chi connectivity index (χ0n) is 17.2. The number of carbonyl (C=O) groups excluding carboxylic acids is 3. The van der Waals surface area contributed by atoms with Crippen LogP contribution in [0.3, 0.4) is 0 Å². The maximum Gasteiger partial charge on any atom is 0.342 e. The summed E-state index contributed by atoms with van der Waals surface area (Å²) in [6.07, 6.45) is 1.47. The summed E-state index contributed by atoms with van der Waals surface area (Å²) in [6.45, 7) is 4.98. The van der Waals surface area contributed by atoms with Crippen LogP contribution >= 0.6 is 22.7 Å². The molecule has 0 spiro atoms. The fourth-order valence-electron chi connectivity index (χ4n) is 2.69. The van der Waals surface area contributed by atoms with E-state index in [1.54, 1.807) is 5.38 Å². The molecule has 31 heavy (non-hydrogen) atoms. The molecular weight excluding hydrogens is 434 g/mol. The van der Waals surface area contributed by atoms with E-state index in [1.807, 2.05) is 49.6 Å². The molecule has 1 aromatic carbocycles. The molecule has 0 saturated carbocycles. The Morgan fingerprint density at radius 2 is 1.77 bits per heavy atom. The van der Waals surface area contributed by atoms with Gasteiger partial charge in [-0.1, -0.05) is 35.9 Å². The van der Waals surface area contributed by atoms with Crippen molar-refractivity contribution in [2.75, 3.05) is 10.6 Å². The molecule has 2 heterocycles. The number of hydrogen-bond acceptors (Lipinski definition) is 7. The fourth-order valence-corrected chi connectivity index (χ4v) is 4.39. The lowest BCUT2D eigenvalue weighted by molar-refractivity contribution is -0.114. The molecule has 0 bridgehead atoms. The third-order valence-corrected chi connectivity index (χ3v) is 5.62. The molecular formula is C22H21N3O4S2. The summed E-state index contributed by atoms with van der Waals surface area (Å²) < 4.78 is 5.49. The number of rotatable bonds is 7. The highest BCUT2D eigenvalue weighted by Gasteiger charge is 2.23. The molecule has 2 amide bonds. The Morgan fingerprint density at radius 1 is 1.03 bits per heavy atom. The Labute approximate surface area is 187 Å². The van der Waals surface area contributed by atoms with Crippen molar-refractivity contribution in [1.82, 2.24) is 4.98 Å². The molecule has 0 atom stereocenters. The molecule has 0 aliphatic carbocycles. The summed E-state index contributed by atoms with van der Waals surface area (Å²) in [5.41, 5.74) is 3.19. The van der Waals surface area contributed by atoms with Crippen molar-refractivity contribution < 1.29 is 19.1 Å². The number of esters is 1. The molecule has 0 radical (unpaired) electrons. The van der Waals surface area contributed by atoms with E-state index in [1.165, 1.54) is 35.7 Å². The fraction of sp³-hybridized carbons (Fsp3) is 0.182. The predicted molar refractivity (Wildman–Crippen MR) is 123 cm³/mol. The van der Waals surface area contributed by atoms with Crippen LogP contribution < -0.4 is 10.6 Å². The molecule has 7 nitrogen and oxygen atoms in total. The van der Waals surface area contributed by atoms with Gasteiger partial charge in [0.2, 0.25) is 11.8 Å². The Bertz CT molecular complexity index is 1130. The quantitative estimate of drug-likeness (QED) is 0.382. The number of ether oxygens (including phenoxy) is 1. The van der Waals surface area contributed by atoms with E-state index in [0.717, 1.165) is 11.1 Å². The number of amides is 2. The van der Waals surface area contributed by atoms with Crippen molar-refractivity contribution in [2.24, 2.45) is 0 Å². The van der Waals surface area contributed by atoms with E-state index < -0.39 is 5.97 Å². The van der Waals surface area contributed by atoms with Crippen molar-refractivity contribution >= 4 is 50.6 Å². The van der Waals surface area contributed by atoms with Gasteiger partial charge in [0, 0.05) is 29.3 Å². The van der Waals surface area contributed by atoms with Crippen molar-refractivity contribution in [1.29, 1.82) is 0 Å². The van der Waals surface area contributed by atoms with Gasteiger partial charge in [0.1, 0.15) is 17.2 Å². The highest BCUT2D eigenvalue weighted by molar-refractivity contribution is 7.15. The molecule has 0 aliphatic heterocycles. The Hall–Kier alpha value is -3.30. The van der Waals surface area contributed by atoms with Crippen LogP contribution in [0.2, 0.25) is 0 Å². The zero-order valence-corrected chi connectivity index (χ0v) is 18.9.